The van der Waals surface area contributed by atoms with Gasteiger partial charge in [-0.3, -0.25) is 0 Å². The molecule has 0 aliphatic carbocycles. The number of rotatable bonds is 4. The van der Waals surface area contributed by atoms with Gasteiger partial charge in [0, 0.05) is 19.0 Å². The lowest BCUT2D eigenvalue weighted by Gasteiger charge is -2.22. The molecule has 2 aromatic rings. The number of anilines is 2. The van der Waals surface area contributed by atoms with Gasteiger partial charge in [-0.25, -0.2) is 0 Å². The monoisotopic (exact) mass is 314 g/mol. The number of nitrogens with one attached hydrogen (secondary N) is 1. The van der Waals surface area contributed by atoms with E-state index in [0.29, 0.717) is 0 Å². The number of halogens is 2. The molecule has 19 heavy (non-hydrogen) atoms. The Bertz CT molecular complexity index is 566. The largest absolute Gasteiger partial charge is 0.376 e. The third-order valence-electron chi connectivity index (χ3n) is 2.83. The van der Waals surface area contributed by atoms with E-state index < -0.39 is 0 Å². The number of hydrogen-bond acceptors (Lipinski definition) is 3. The van der Waals surface area contributed by atoms with Crippen molar-refractivity contribution >= 4 is 45.9 Å². The van der Waals surface area contributed by atoms with E-state index >= 15 is 0 Å². The molecule has 1 aromatic carbocycles. The summed E-state index contributed by atoms with van der Waals surface area (Å²) in [6, 6.07) is 10.0. The molecule has 0 radical (unpaired) electrons. The van der Waals surface area contributed by atoms with Crippen molar-refractivity contribution < 1.29 is 0 Å². The summed E-state index contributed by atoms with van der Waals surface area (Å²) < 4.78 is 0.808. The van der Waals surface area contributed by atoms with Gasteiger partial charge in [0.25, 0.3) is 0 Å². The van der Waals surface area contributed by atoms with Crippen LogP contribution >= 0.6 is 34.5 Å². The number of benzene rings is 1. The Morgan fingerprint density at radius 2 is 1.89 bits per heavy atom. The highest BCUT2D eigenvalue weighted by Gasteiger charge is 2.13. The van der Waals surface area contributed by atoms with Crippen LogP contribution in [0.5, 0.6) is 0 Å². The summed E-state index contributed by atoms with van der Waals surface area (Å²) in [5.74, 6) is 0. The van der Waals surface area contributed by atoms with Crippen LogP contribution in [0.2, 0.25) is 9.36 Å². The summed E-state index contributed by atoms with van der Waals surface area (Å²) in [4.78, 5) is 3.22. The molecule has 0 aliphatic heterocycles. The van der Waals surface area contributed by atoms with Gasteiger partial charge in [-0.1, -0.05) is 29.3 Å². The Labute approximate surface area is 128 Å². The first kappa shape index (κ1) is 14.5. The normalized spacial score (nSPS) is 12.3. The summed E-state index contributed by atoms with van der Waals surface area (Å²) in [5.41, 5.74) is 2.02. The van der Waals surface area contributed by atoms with Gasteiger partial charge < -0.3 is 10.2 Å². The summed E-state index contributed by atoms with van der Waals surface area (Å²) in [6.07, 6.45) is 0. The van der Waals surface area contributed by atoms with Gasteiger partial charge in [0.15, 0.2) is 0 Å². The molecular formula is C14H16Cl2N2S. The van der Waals surface area contributed by atoms with Gasteiger partial charge >= 0.3 is 0 Å². The number of nitrogens with zero attached hydrogens (tertiary/aromatic N) is 1. The van der Waals surface area contributed by atoms with E-state index in [9.17, 15) is 0 Å². The van der Waals surface area contributed by atoms with Crippen molar-refractivity contribution in [3.63, 3.8) is 0 Å². The molecular weight excluding hydrogens is 299 g/mol. The van der Waals surface area contributed by atoms with E-state index in [1.54, 1.807) is 11.3 Å². The van der Waals surface area contributed by atoms with E-state index in [-0.39, 0.29) is 6.04 Å². The highest BCUT2D eigenvalue weighted by Crippen LogP contribution is 2.36. The fourth-order valence-electron chi connectivity index (χ4n) is 1.95. The van der Waals surface area contributed by atoms with Gasteiger partial charge in [0.2, 0.25) is 0 Å². The molecule has 2 nitrogen and oxygen atoms in total. The van der Waals surface area contributed by atoms with Crippen LogP contribution in [0.25, 0.3) is 0 Å². The molecule has 0 spiro atoms. The van der Waals surface area contributed by atoms with Crippen LogP contribution in [0.4, 0.5) is 11.4 Å². The van der Waals surface area contributed by atoms with Crippen molar-refractivity contribution in [3.8, 4) is 0 Å². The van der Waals surface area contributed by atoms with Crippen LogP contribution in [0, 0.1) is 0 Å². The lowest BCUT2D eigenvalue weighted by molar-refractivity contribution is 0.906. The standard InChI is InChI=1S/C14H16Cl2N2S/c1-9(12-7-8-13(16)19-12)17-11-6-4-5-10(15)14(11)18(2)3/h4-9,17H,1-3H3. The molecule has 0 saturated heterocycles. The lowest BCUT2D eigenvalue weighted by atomic mass is 10.2. The predicted molar refractivity (Wildman–Crippen MR) is 87.1 cm³/mol. The molecule has 0 amide bonds. The molecule has 5 heteroatoms. The average molecular weight is 315 g/mol. The number of thiophene rings is 1. The predicted octanol–water partition coefficient (Wildman–Crippen LogP) is 5.29. The zero-order chi connectivity index (χ0) is 14.0. The Kier molecular flexibility index (Phi) is 4.61. The summed E-state index contributed by atoms with van der Waals surface area (Å²) in [5, 5.41) is 4.23. The molecule has 0 saturated carbocycles. The maximum Gasteiger partial charge on any atom is 0.0932 e. The first-order chi connectivity index (χ1) is 8.99. The van der Waals surface area contributed by atoms with Crippen molar-refractivity contribution in [2.75, 3.05) is 24.3 Å². The smallest absolute Gasteiger partial charge is 0.0932 e. The van der Waals surface area contributed by atoms with Crippen LogP contribution in [0.15, 0.2) is 30.3 Å². The maximum atomic E-state index is 6.26. The Balaban J connectivity index is 2.26. The van der Waals surface area contributed by atoms with Crippen LogP contribution in [-0.4, -0.2) is 14.1 Å². The average Bonchev–Trinajstić information content (AvgIpc) is 2.75. The zero-order valence-electron chi connectivity index (χ0n) is 11.1. The van der Waals surface area contributed by atoms with Crippen LogP contribution in [0.3, 0.4) is 0 Å². The van der Waals surface area contributed by atoms with Crippen molar-refractivity contribution in [1.29, 1.82) is 0 Å². The Morgan fingerprint density at radius 3 is 2.47 bits per heavy atom. The second-order valence-electron chi connectivity index (χ2n) is 4.54. The minimum atomic E-state index is 0.190. The minimum absolute atomic E-state index is 0.190. The summed E-state index contributed by atoms with van der Waals surface area (Å²) in [6.45, 7) is 2.11. The molecule has 1 atom stereocenters. The molecule has 1 unspecified atom stereocenters. The van der Waals surface area contributed by atoms with Crippen molar-refractivity contribution in [2.45, 2.75) is 13.0 Å². The van der Waals surface area contributed by atoms with Crippen molar-refractivity contribution in [3.05, 3.63) is 44.6 Å². The molecule has 1 heterocycles. The number of hydrogen-bond donors (Lipinski definition) is 1. The Morgan fingerprint density at radius 1 is 1.16 bits per heavy atom. The molecule has 0 bridgehead atoms. The van der Waals surface area contributed by atoms with Gasteiger partial charge in [0.05, 0.1) is 26.8 Å². The van der Waals surface area contributed by atoms with Crippen LogP contribution in [0.1, 0.15) is 17.8 Å². The maximum absolute atomic E-state index is 6.26. The Hall–Kier alpha value is -0.900. The third kappa shape index (κ3) is 3.35. The van der Waals surface area contributed by atoms with E-state index in [4.69, 9.17) is 23.2 Å². The van der Waals surface area contributed by atoms with Crippen LogP contribution < -0.4 is 10.2 Å². The van der Waals surface area contributed by atoms with Gasteiger partial charge in [-0.15, -0.1) is 11.3 Å². The van der Waals surface area contributed by atoms with Gasteiger partial charge in [0.1, 0.15) is 0 Å². The first-order valence-electron chi connectivity index (χ1n) is 5.96. The molecule has 0 aliphatic rings. The second kappa shape index (κ2) is 6.04. The fourth-order valence-corrected chi connectivity index (χ4v) is 3.36. The third-order valence-corrected chi connectivity index (χ3v) is 4.55. The molecule has 102 valence electrons. The first-order valence-corrected chi connectivity index (χ1v) is 7.54. The summed E-state index contributed by atoms with van der Waals surface area (Å²) >= 11 is 13.8. The van der Waals surface area contributed by atoms with E-state index in [2.05, 4.69) is 12.2 Å². The van der Waals surface area contributed by atoms with E-state index in [1.165, 1.54) is 4.88 Å². The van der Waals surface area contributed by atoms with E-state index in [0.717, 1.165) is 20.7 Å². The fraction of sp³-hybridized carbons (Fsp3) is 0.286. The number of para-hydroxylation sites is 1. The molecule has 1 N–H and O–H groups in total. The topological polar surface area (TPSA) is 15.3 Å². The van der Waals surface area contributed by atoms with Crippen molar-refractivity contribution in [1.82, 2.24) is 0 Å². The summed E-state index contributed by atoms with van der Waals surface area (Å²) in [7, 11) is 3.97. The molecule has 2 rings (SSSR count). The highest BCUT2D eigenvalue weighted by molar-refractivity contribution is 7.16. The van der Waals surface area contributed by atoms with Crippen molar-refractivity contribution in [2.24, 2.45) is 0 Å². The van der Waals surface area contributed by atoms with Crippen LogP contribution in [-0.2, 0) is 0 Å². The lowest BCUT2D eigenvalue weighted by Crippen LogP contribution is -2.14. The quantitative estimate of drug-likeness (QED) is 0.824. The van der Waals surface area contributed by atoms with Gasteiger partial charge in [-0.05, 0) is 31.2 Å². The highest BCUT2D eigenvalue weighted by atomic mass is 35.5. The second-order valence-corrected chi connectivity index (χ2v) is 6.69. The van der Waals surface area contributed by atoms with Gasteiger partial charge in [-0.2, -0.15) is 0 Å². The molecule has 1 aromatic heterocycles. The SMILES string of the molecule is CC(Nc1cccc(Cl)c1N(C)C)c1ccc(Cl)s1. The molecule has 0 fully saturated rings. The minimum Gasteiger partial charge on any atom is -0.376 e. The zero-order valence-corrected chi connectivity index (χ0v) is 13.4. The van der Waals surface area contributed by atoms with E-state index in [1.807, 2.05) is 49.3 Å².